The number of benzene rings is 2. The van der Waals surface area contributed by atoms with E-state index in [0.29, 0.717) is 24.6 Å². The van der Waals surface area contributed by atoms with E-state index in [-0.39, 0.29) is 6.10 Å². The van der Waals surface area contributed by atoms with Gasteiger partial charge in [0.05, 0.1) is 6.67 Å². The van der Waals surface area contributed by atoms with Gasteiger partial charge in [-0.3, -0.25) is 9.47 Å². The van der Waals surface area contributed by atoms with Gasteiger partial charge in [0.2, 0.25) is 0 Å². The van der Waals surface area contributed by atoms with Crippen LogP contribution in [-0.4, -0.2) is 32.9 Å². The molecule has 0 N–H and O–H groups in total. The molecular weight excluding hydrogens is 396 g/mol. The molecule has 7 heteroatoms. The topological polar surface area (TPSA) is 44.5 Å². The van der Waals surface area contributed by atoms with Crippen molar-refractivity contribution in [3.8, 4) is 11.5 Å². The number of allylic oxidation sites excluding steroid dienone is 1. The van der Waals surface area contributed by atoms with Gasteiger partial charge in [-0.15, -0.1) is 6.58 Å². The summed E-state index contributed by atoms with van der Waals surface area (Å²) in [4.78, 5) is 2.20. The Labute approximate surface area is 182 Å². The van der Waals surface area contributed by atoms with Crippen molar-refractivity contribution in [1.82, 2.24) is 19.2 Å². The molecular formula is C23H26N4O2S. The Morgan fingerprint density at radius 3 is 2.70 bits per heavy atom. The quantitative estimate of drug-likeness (QED) is 0.414. The second-order valence-electron chi connectivity index (χ2n) is 7.49. The summed E-state index contributed by atoms with van der Waals surface area (Å²) in [6, 6.07) is 16.1. The first kappa shape index (κ1) is 20.4. The van der Waals surface area contributed by atoms with Gasteiger partial charge in [0.1, 0.15) is 6.61 Å². The van der Waals surface area contributed by atoms with E-state index >= 15 is 0 Å². The summed E-state index contributed by atoms with van der Waals surface area (Å²) in [5.41, 5.74) is 2.56. The first-order valence-corrected chi connectivity index (χ1v) is 10.4. The minimum Gasteiger partial charge on any atom is -0.485 e. The molecule has 6 nitrogen and oxygen atoms in total. The standard InChI is InChI=1S/C23H26N4O2S/c1-4-13-26-22(21-15-28-19-11-7-8-12-20(19)29-21)24-27(23(26)30)16-25(3)14-18-10-6-5-9-17(18)2/h4-12,21H,1,13-16H2,2-3H3/t21-/m1/s1. The molecule has 1 aliphatic rings. The molecule has 0 aliphatic carbocycles. The third-order valence-corrected chi connectivity index (χ3v) is 5.57. The number of rotatable bonds is 7. The van der Waals surface area contributed by atoms with E-state index in [2.05, 4.69) is 49.7 Å². The third kappa shape index (κ3) is 4.17. The van der Waals surface area contributed by atoms with Crippen LogP contribution in [-0.2, 0) is 19.8 Å². The highest BCUT2D eigenvalue weighted by Crippen LogP contribution is 2.35. The van der Waals surface area contributed by atoms with E-state index < -0.39 is 0 Å². The fraction of sp³-hybridized carbons (Fsp3) is 0.304. The molecule has 0 spiro atoms. The Kier molecular flexibility index (Phi) is 6.01. The molecule has 0 fully saturated rings. The predicted molar refractivity (Wildman–Crippen MR) is 119 cm³/mol. The summed E-state index contributed by atoms with van der Waals surface area (Å²) in [6.45, 7) is 8.34. The number of ether oxygens (including phenoxy) is 2. The SMILES string of the molecule is C=CCn1c([C@H]2COc3ccccc3O2)nn(CN(C)Cc2ccccc2C)c1=S. The minimum atomic E-state index is -0.329. The molecule has 0 saturated carbocycles. The highest BCUT2D eigenvalue weighted by Gasteiger charge is 2.28. The van der Waals surface area contributed by atoms with Crippen molar-refractivity contribution in [1.29, 1.82) is 0 Å². The maximum atomic E-state index is 6.17. The summed E-state index contributed by atoms with van der Waals surface area (Å²) in [5.74, 6) is 2.22. The highest BCUT2D eigenvalue weighted by molar-refractivity contribution is 7.71. The Balaban J connectivity index is 1.57. The molecule has 1 atom stereocenters. The van der Waals surface area contributed by atoms with Crippen LogP contribution >= 0.6 is 12.2 Å². The molecule has 2 aromatic carbocycles. The van der Waals surface area contributed by atoms with Crippen molar-refractivity contribution in [2.24, 2.45) is 0 Å². The molecule has 4 rings (SSSR count). The highest BCUT2D eigenvalue weighted by atomic mass is 32.1. The first-order chi connectivity index (χ1) is 14.6. The average Bonchev–Trinajstić information content (AvgIpc) is 3.05. The second kappa shape index (κ2) is 8.85. The van der Waals surface area contributed by atoms with Gasteiger partial charge in [-0.25, -0.2) is 4.68 Å². The summed E-state index contributed by atoms with van der Waals surface area (Å²) in [7, 11) is 2.07. The Morgan fingerprint density at radius 2 is 1.93 bits per heavy atom. The number of fused-ring (bicyclic) bond motifs is 1. The maximum Gasteiger partial charge on any atom is 0.199 e. The zero-order valence-corrected chi connectivity index (χ0v) is 18.1. The zero-order chi connectivity index (χ0) is 21.1. The van der Waals surface area contributed by atoms with Gasteiger partial charge in [0.15, 0.2) is 28.2 Å². The molecule has 0 bridgehead atoms. The van der Waals surface area contributed by atoms with Crippen LogP contribution < -0.4 is 9.47 Å². The van der Waals surface area contributed by atoms with E-state index in [0.717, 1.165) is 23.9 Å². The molecule has 2 heterocycles. The minimum absolute atomic E-state index is 0.329. The fourth-order valence-corrected chi connectivity index (χ4v) is 3.86. The number of hydrogen-bond acceptors (Lipinski definition) is 5. The Hall–Kier alpha value is -2.90. The van der Waals surface area contributed by atoms with Crippen LogP contribution in [0.2, 0.25) is 0 Å². The van der Waals surface area contributed by atoms with Crippen LogP contribution in [0.3, 0.4) is 0 Å². The van der Waals surface area contributed by atoms with Gasteiger partial charge in [0.25, 0.3) is 0 Å². The van der Waals surface area contributed by atoms with Crippen molar-refractivity contribution in [3.63, 3.8) is 0 Å². The first-order valence-electron chi connectivity index (χ1n) is 9.96. The monoisotopic (exact) mass is 422 g/mol. The number of hydrogen-bond donors (Lipinski definition) is 0. The third-order valence-electron chi connectivity index (χ3n) is 5.14. The van der Waals surface area contributed by atoms with Crippen molar-refractivity contribution >= 4 is 12.2 Å². The van der Waals surface area contributed by atoms with E-state index in [4.69, 9.17) is 26.8 Å². The van der Waals surface area contributed by atoms with Crippen LogP contribution in [0.5, 0.6) is 11.5 Å². The molecule has 0 saturated heterocycles. The fourth-order valence-electron chi connectivity index (χ4n) is 3.59. The van der Waals surface area contributed by atoms with Gasteiger partial charge >= 0.3 is 0 Å². The van der Waals surface area contributed by atoms with Crippen LogP contribution in [0.25, 0.3) is 0 Å². The molecule has 3 aromatic rings. The van der Waals surface area contributed by atoms with Gasteiger partial charge in [-0.1, -0.05) is 42.5 Å². The lowest BCUT2D eigenvalue weighted by Crippen LogP contribution is -2.25. The molecule has 1 aromatic heterocycles. The smallest absolute Gasteiger partial charge is 0.199 e. The molecule has 0 radical (unpaired) electrons. The van der Waals surface area contributed by atoms with Gasteiger partial charge in [-0.2, -0.15) is 5.10 Å². The van der Waals surface area contributed by atoms with Gasteiger partial charge in [-0.05, 0) is 49.4 Å². The summed E-state index contributed by atoms with van der Waals surface area (Å²) in [5, 5.41) is 4.81. The molecule has 1 aliphatic heterocycles. The lowest BCUT2D eigenvalue weighted by molar-refractivity contribution is 0.0818. The number of aryl methyl sites for hydroxylation is 1. The van der Waals surface area contributed by atoms with Gasteiger partial charge < -0.3 is 9.47 Å². The lowest BCUT2D eigenvalue weighted by Gasteiger charge is -2.25. The summed E-state index contributed by atoms with van der Waals surface area (Å²) in [6.07, 6.45) is 1.49. The molecule has 30 heavy (non-hydrogen) atoms. The number of nitrogens with zero attached hydrogens (tertiary/aromatic N) is 4. The van der Waals surface area contributed by atoms with Crippen LogP contribution in [0.1, 0.15) is 23.1 Å². The Bertz CT molecular complexity index is 1100. The summed E-state index contributed by atoms with van der Waals surface area (Å²) < 4.78 is 16.5. The van der Waals surface area contributed by atoms with E-state index in [9.17, 15) is 0 Å². The number of aromatic nitrogens is 3. The predicted octanol–water partition coefficient (Wildman–Crippen LogP) is 4.51. The van der Waals surface area contributed by atoms with Crippen LogP contribution in [0.4, 0.5) is 0 Å². The van der Waals surface area contributed by atoms with E-state index in [1.165, 1.54) is 11.1 Å². The van der Waals surface area contributed by atoms with E-state index in [1.807, 2.05) is 39.6 Å². The normalized spacial score (nSPS) is 15.4. The van der Waals surface area contributed by atoms with Crippen LogP contribution in [0.15, 0.2) is 61.2 Å². The van der Waals surface area contributed by atoms with E-state index in [1.54, 1.807) is 0 Å². The molecule has 0 unspecified atom stereocenters. The largest absolute Gasteiger partial charge is 0.485 e. The van der Waals surface area contributed by atoms with Crippen molar-refractivity contribution in [2.45, 2.75) is 32.8 Å². The van der Waals surface area contributed by atoms with Crippen molar-refractivity contribution < 1.29 is 9.47 Å². The van der Waals surface area contributed by atoms with Gasteiger partial charge in [0, 0.05) is 13.1 Å². The average molecular weight is 423 g/mol. The van der Waals surface area contributed by atoms with Crippen molar-refractivity contribution in [3.05, 3.63) is 82.9 Å². The van der Waals surface area contributed by atoms with Crippen molar-refractivity contribution in [2.75, 3.05) is 13.7 Å². The summed E-state index contributed by atoms with van der Waals surface area (Å²) >= 11 is 5.73. The molecule has 156 valence electrons. The Morgan fingerprint density at radius 1 is 1.20 bits per heavy atom. The zero-order valence-electron chi connectivity index (χ0n) is 17.3. The molecule has 0 amide bonds. The maximum absolute atomic E-state index is 6.17. The van der Waals surface area contributed by atoms with Crippen LogP contribution in [0, 0.1) is 11.7 Å². The lowest BCUT2D eigenvalue weighted by atomic mass is 10.1. The number of para-hydroxylation sites is 2. The second-order valence-corrected chi connectivity index (χ2v) is 7.85.